The van der Waals surface area contributed by atoms with Crippen LogP contribution in [0.2, 0.25) is 0 Å². The summed E-state index contributed by atoms with van der Waals surface area (Å²) < 4.78 is 38.5. The van der Waals surface area contributed by atoms with E-state index < -0.39 is 17.9 Å². The molecule has 0 aromatic carbocycles. The quantitative estimate of drug-likeness (QED) is 0.781. The lowest BCUT2D eigenvalue weighted by molar-refractivity contribution is -0.140. The van der Waals surface area contributed by atoms with Crippen LogP contribution in [0, 0.1) is 0 Å². The topological polar surface area (TPSA) is 61.4 Å². The average molecular weight is 436 g/mol. The Morgan fingerprint density at radius 3 is 2.52 bits per heavy atom. The van der Waals surface area contributed by atoms with Gasteiger partial charge in [-0.3, -0.25) is 5.32 Å². The molecule has 0 aliphatic carbocycles. The van der Waals surface area contributed by atoms with Crippen LogP contribution < -0.4 is 10.2 Å². The third-order valence-corrected chi connectivity index (χ3v) is 4.84. The number of aromatic nitrogens is 2. The van der Waals surface area contributed by atoms with Gasteiger partial charge in [0, 0.05) is 42.2 Å². The average Bonchev–Trinajstić information content (AvgIpc) is 3.04. The van der Waals surface area contributed by atoms with E-state index in [2.05, 4.69) is 31.2 Å². The Hall–Kier alpha value is -1.88. The third-order valence-electron chi connectivity index (χ3n) is 3.61. The molecule has 11 heteroatoms. The Balaban J connectivity index is 1.55. The molecule has 0 bridgehead atoms. The summed E-state index contributed by atoms with van der Waals surface area (Å²) in [6, 6.07) is 3.32. The summed E-state index contributed by atoms with van der Waals surface area (Å²) >= 11 is 4.08. The van der Waals surface area contributed by atoms with Gasteiger partial charge in [0.05, 0.1) is 0 Å². The summed E-state index contributed by atoms with van der Waals surface area (Å²) in [5, 5.41) is 3.24. The second-order valence-corrected chi connectivity index (χ2v) is 7.05. The Labute approximate surface area is 153 Å². The number of rotatable bonds is 2. The van der Waals surface area contributed by atoms with Crippen molar-refractivity contribution in [2.24, 2.45) is 0 Å². The minimum Gasteiger partial charge on any atom is -0.353 e. The summed E-state index contributed by atoms with van der Waals surface area (Å²) in [6.45, 7) is 2.07. The number of halogens is 4. The second kappa shape index (κ2) is 7.16. The lowest BCUT2D eigenvalue weighted by Gasteiger charge is -2.35. The molecule has 3 rings (SSSR count). The van der Waals surface area contributed by atoms with Gasteiger partial charge in [0.25, 0.3) is 0 Å². The van der Waals surface area contributed by atoms with E-state index in [1.165, 1.54) is 0 Å². The molecule has 0 radical (unpaired) electrons. The van der Waals surface area contributed by atoms with E-state index in [0.29, 0.717) is 26.2 Å². The number of alkyl halides is 3. The molecular weight excluding hydrogens is 423 g/mol. The number of carbonyl (C=O) groups is 1. The van der Waals surface area contributed by atoms with Crippen LogP contribution in [0.4, 0.5) is 28.9 Å². The highest BCUT2D eigenvalue weighted by molar-refractivity contribution is 9.10. The van der Waals surface area contributed by atoms with E-state index in [4.69, 9.17) is 0 Å². The highest BCUT2D eigenvalue weighted by Crippen LogP contribution is 2.31. The lowest BCUT2D eigenvalue weighted by Crippen LogP contribution is -2.50. The fourth-order valence-corrected chi connectivity index (χ4v) is 3.27. The number of hydrogen-bond donors (Lipinski definition) is 1. The molecular formula is C14H13BrF3N5OS. The van der Waals surface area contributed by atoms with Gasteiger partial charge >= 0.3 is 12.2 Å². The number of pyridine rings is 1. The molecule has 1 aliphatic rings. The molecule has 25 heavy (non-hydrogen) atoms. The van der Waals surface area contributed by atoms with Crippen molar-refractivity contribution in [2.45, 2.75) is 6.18 Å². The molecule has 3 heterocycles. The molecule has 0 spiro atoms. The van der Waals surface area contributed by atoms with E-state index in [0.717, 1.165) is 27.0 Å². The first-order valence-corrected chi connectivity index (χ1v) is 8.95. The largest absolute Gasteiger partial charge is 0.434 e. The lowest BCUT2D eigenvalue weighted by atomic mass is 10.3. The maximum atomic E-state index is 12.5. The Morgan fingerprint density at radius 1 is 1.24 bits per heavy atom. The van der Waals surface area contributed by atoms with Crippen LogP contribution in [0.25, 0.3) is 0 Å². The van der Waals surface area contributed by atoms with Gasteiger partial charge < -0.3 is 9.80 Å². The number of piperazine rings is 1. The summed E-state index contributed by atoms with van der Waals surface area (Å²) in [4.78, 5) is 23.5. The maximum Gasteiger partial charge on any atom is 0.434 e. The molecule has 1 N–H and O–H groups in total. The number of anilines is 2. The van der Waals surface area contributed by atoms with Crippen LogP contribution >= 0.6 is 27.3 Å². The van der Waals surface area contributed by atoms with E-state index >= 15 is 0 Å². The van der Waals surface area contributed by atoms with E-state index in [1.807, 2.05) is 17.0 Å². The summed E-state index contributed by atoms with van der Waals surface area (Å²) in [7, 11) is 0. The number of nitrogens with one attached hydrogen (secondary N) is 1. The van der Waals surface area contributed by atoms with Gasteiger partial charge in [-0.2, -0.15) is 13.2 Å². The minimum absolute atomic E-state index is 0.0608. The Bertz CT molecular complexity index is 744. The van der Waals surface area contributed by atoms with E-state index in [9.17, 15) is 18.0 Å². The number of nitrogens with zero attached hydrogens (tertiary/aromatic N) is 4. The zero-order chi connectivity index (χ0) is 18.0. The highest BCUT2D eigenvalue weighted by Gasteiger charge is 2.34. The number of amides is 2. The fraction of sp³-hybridized carbons (Fsp3) is 0.357. The zero-order valence-corrected chi connectivity index (χ0v) is 15.2. The summed E-state index contributed by atoms with van der Waals surface area (Å²) in [6.07, 6.45) is -2.81. The van der Waals surface area contributed by atoms with Crippen molar-refractivity contribution in [3.8, 4) is 0 Å². The van der Waals surface area contributed by atoms with Crippen LogP contribution in [0.5, 0.6) is 0 Å². The second-order valence-electron chi connectivity index (χ2n) is 5.27. The van der Waals surface area contributed by atoms with Gasteiger partial charge in [0.15, 0.2) is 10.8 Å². The molecule has 0 saturated carbocycles. The standard InChI is InChI=1S/C14H13BrF3N5OS/c15-9-1-2-11(19-7-9)22-3-5-23(6-4-22)13(24)21-12-20-10(8-25-12)14(16,17)18/h1-2,7-8H,3-6H2,(H,20,21,24). The number of thiazole rings is 1. The van der Waals surface area contributed by atoms with Crippen molar-refractivity contribution < 1.29 is 18.0 Å². The van der Waals surface area contributed by atoms with Crippen LogP contribution in [0.1, 0.15) is 5.69 Å². The van der Waals surface area contributed by atoms with Crippen molar-refractivity contribution in [1.29, 1.82) is 0 Å². The van der Waals surface area contributed by atoms with Crippen LogP contribution in [0.3, 0.4) is 0 Å². The zero-order valence-electron chi connectivity index (χ0n) is 12.8. The molecule has 1 aliphatic heterocycles. The predicted octanol–water partition coefficient (Wildman–Crippen LogP) is 3.67. The minimum atomic E-state index is -4.51. The Morgan fingerprint density at radius 2 is 1.96 bits per heavy atom. The van der Waals surface area contributed by atoms with Crippen LogP contribution in [-0.4, -0.2) is 47.1 Å². The van der Waals surface area contributed by atoms with Crippen LogP contribution in [-0.2, 0) is 6.18 Å². The van der Waals surface area contributed by atoms with Crippen molar-refractivity contribution in [3.63, 3.8) is 0 Å². The van der Waals surface area contributed by atoms with Crippen molar-refractivity contribution in [3.05, 3.63) is 33.9 Å². The number of hydrogen-bond acceptors (Lipinski definition) is 5. The monoisotopic (exact) mass is 435 g/mol. The summed E-state index contributed by atoms with van der Waals surface area (Å²) in [5.74, 6) is 0.818. The van der Waals surface area contributed by atoms with Gasteiger partial charge in [0.2, 0.25) is 0 Å². The van der Waals surface area contributed by atoms with Gasteiger partial charge in [-0.15, -0.1) is 11.3 Å². The normalized spacial score (nSPS) is 15.4. The Kier molecular flexibility index (Phi) is 5.13. The SMILES string of the molecule is O=C(Nc1nc(C(F)(F)F)cs1)N1CCN(c2ccc(Br)cn2)CC1. The predicted molar refractivity (Wildman–Crippen MR) is 91.9 cm³/mol. The van der Waals surface area contributed by atoms with E-state index in [-0.39, 0.29) is 5.13 Å². The first kappa shape index (κ1) is 17.9. The number of carbonyl (C=O) groups excluding carboxylic acids is 1. The molecule has 0 unspecified atom stereocenters. The molecule has 1 fully saturated rings. The molecule has 2 amide bonds. The molecule has 2 aromatic rings. The van der Waals surface area contributed by atoms with Crippen molar-refractivity contribution in [2.75, 3.05) is 36.4 Å². The first-order valence-electron chi connectivity index (χ1n) is 7.28. The molecule has 2 aromatic heterocycles. The molecule has 134 valence electrons. The molecule has 1 saturated heterocycles. The van der Waals surface area contributed by atoms with Gasteiger partial charge in [0.1, 0.15) is 5.82 Å². The highest BCUT2D eigenvalue weighted by atomic mass is 79.9. The maximum absolute atomic E-state index is 12.5. The molecule has 6 nitrogen and oxygen atoms in total. The van der Waals surface area contributed by atoms with Gasteiger partial charge in [-0.25, -0.2) is 14.8 Å². The summed E-state index contributed by atoms with van der Waals surface area (Å²) in [5.41, 5.74) is -1.00. The number of urea groups is 1. The van der Waals surface area contributed by atoms with Gasteiger partial charge in [-0.1, -0.05) is 0 Å². The van der Waals surface area contributed by atoms with Crippen molar-refractivity contribution in [1.82, 2.24) is 14.9 Å². The first-order chi connectivity index (χ1) is 11.8. The van der Waals surface area contributed by atoms with Gasteiger partial charge in [-0.05, 0) is 28.1 Å². The third kappa shape index (κ3) is 4.40. The van der Waals surface area contributed by atoms with Crippen molar-refractivity contribution >= 4 is 44.2 Å². The van der Waals surface area contributed by atoms with E-state index in [1.54, 1.807) is 11.1 Å². The van der Waals surface area contributed by atoms with Crippen LogP contribution in [0.15, 0.2) is 28.2 Å². The fourth-order valence-electron chi connectivity index (χ4n) is 2.33. The molecule has 0 atom stereocenters. The smallest absolute Gasteiger partial charge is 0.353 e.